The number of halogens is 1. The Bertz CT molecular complexity index is 620. The molecular formula is C13H13ClN4O. The summed E-state index contributed by atoms with van der Waals surface area (Å²) in [4.78, 5) is 14.1. The molecule has 0 radical (unpaired) electrons. The standard InChI is InChI=1S/C13H13ClN4O/c14-9-3-1-8(2-4-9)13(19)18-6-5-10-11(7-18)16-17-12(10)15/h1-4H,5-7H2,(H3,15,16,17). The zero-order chi connectivity index (χ0) is 13.4. The van der Waals surface area contributed by atoms with E-state index in [0.717, 1.165) is 17.7 Å². The molecule has 0 saturated carbocycles. The molecule has 1 aromatic carbocycles. The molecule has 0 saturated heterocycles. The van der Waals surface area contributed by atoms with Crippen LogP contribution in [0, 0.1) is 0 Å². The number of aromatic amines is 1. The first-order valence-electron chi connectivity index (χ1n) is 6.01. The van der Waals surface area contributed by atoms with E-state index in [4.69, 9.17) is 17.3 Å². The van der Waals surface area contributed by atoms with Crippen molar-refractivity contribution in [3.05, 3.63) is 46.1 Å². The van der Waals surface area contributed by atoms with Crippen molar-refractivity contribution in [1.82, 2.24) is 15.1 Å². The quantitative estimate of drug-likeness (QED) is 0.835. The summed E-state index contributed by atoms with van der Waals surface area (Å²) in [6.07, 6.45) is 0.733. The number of fused-ring (bicyclic) bond motifs is 1. The number of amides is 1. The van der Waals surface area contributed by atoms with Crippen LogP contribution in [0.3, 0.4) is 0 Å². The zero-order valence-corrected chi connectivity index (χ0v) is 10.9. The van der Waals surface area contributed by atoms with Crippen LogP contribution in [0.4, 0.5) is 5.82 Å². The number of nitrogens with zero attached hydrogens (tertiary/aromatic N) is 2. The third-order valence-corrected chi connectivity index (χ3v) is 3.60. The van der Waals surface area contributed by atoms with Crippen LogP contribution in [0.1, 0.15) is 21.6 Å². The van der Waals surface area contributed by atoms with E-state index in [-0.39, 0.29) is 5.91 Å². The normalized spacial score (nSPS) is 14.3. The number of H-pyrrole nitrogens is 1. The molecule has 6 heteroatoms. The van der Waals surface area contributed by atoms with Crippen LogP contribution >= 0.6 is 11.6 Å². The minimum Gasteiger partial charge on any atom is -0.382 e. The molecule has 3 N–H and O–H groups in total. The molecule has 1 amide bonds. The first kappa shape index (κ1) is 12.0. The Morgan fingerprint density at radius 3 is 2.84 bits per heavy atom. The molecular weight excluding hydrogens is 264 g/mol. The van der Waals surface area contributed by atoms with Crippen LogP contribution in [0.15, 0.2) is 24.3 Å². The van der Waals surface area contributed by atoms with Gasteiger partial charge in [-0.15, -0.1) is 0 Å². The van der Waals surface area contributed by atoms with Gasteiger partial charge in [-0.1, -0.05) is 11.6 Å². The monoisotopic (exact) mass is 276 g/mol. The lowest BCUT2D eigenvalue weighted by Crippen LogP contribution is -2.36. The highest BCUT2D eigenvalue weighted by Gasteiger charge is 2.24. The smallest absolute Gasteiger partial charge is 0.254 e. The Morgan fingerprint density at radius 2 is 2.11 bits per heavy atom. The third kappa shape index (κ3) is 2.17. The van der Waals surface area contributed by atoms with E-state index >= 15 is 0 Å². The fourth-order valence-corrected chi connectivity index (χ4v) is 2.42. The van der Waals surface area contributed by atoms with Gasteiger partial charge in [-0.3, -0.25) is 9.89 Å². The number of aromatic nitrogens is 2. The van der Waals surface area contributed by atoms with Gasteiger partial charge in [0.25, 0.3) is 5.91 Å². The average Bonchev–Trinajstić information content (AvgIpc) is 2.80. The lowest BCUT2D eigenvalue weighted by atomic mass is 10.1. The molecule has 19 heavy (non-hydrogen) atoms. The molecule has 0 unspecified atom stereocenters. The number of carbonyl (C=O) groups is 1. The fourth-order valence-electron chi connectivity index (χ4n) is 2.29. The van der Waals surface area contributed by atoms with Gasteiger partial charge in [0.05, 0.1) is 12.2 Å². The van der Waals surface area contributed by atoms with E-state index < -0.39 is 0 Å². The highest BCUT2D eigenvalue weighted by atomic mass is 35.5. The summed E-state index contributed by atoms with van der Waals surface area (Å²) in [6, 6.07) is 6.92. The minimum absolute atomic E-state index is 0.00418. The maximum absolute atomic E-state index is 12.3. The van der Waals surface area contributed by atoms with E-state index in [2.05, 4.69) is 10.2 Å². The number of nitrogens with two attached hydrogens (primary N) is 1. The van der Waals surface area contributed by atoms with Gasteiger partial charge in [0.1, 0.15) is 5.82 Å². The third-order valence-electron chi connectivity index (χ3n) is 3.34. The number of hydrogen-bond donors (Lipinski definition) is 2. The molecule has 5 nitrogen and oxygen atoms in total. The van der Waals surface area contributed by atoms with Gasteiger partial charge in [-0.25, -0.2) is 0 Å². The molecule has 0 fully saturated rings. The maximum Gasteiger partial charge on any atom is 0.254 e. The largest absolute Gasteiger partial charge is 0.382 e. The van der Waals surface area contributed by atoms with E-state index in [1.807, 2.05) is 0 Å². The number of anilines is 1. The molecule has 0 spiro atoms. The second-order valence-electron chi connectivity index (χ2n) is 4.55. The SMILES string of the molecule is Nc1n[nH]c2c1CCN(C(=O)c1ccc(Cl)cc1)C2. The van der Waals surface area contributed by atoms with Crippen molar-refractivity contribution in [2.45, 2.75) is 13.0 Å². The Morgan fingerprint density at radius 1 is 1.37 bits per heavy atom. The highest BCUT2D eigenvalue weighted by molar-refractivity contribution is 6.30. The van der Waals surface area contributed by atoms with E-state index in [9.17, 15) is 4.79 Å². The summed E-state index contributed by atoms with van der Waals surface area (Å²) in [5, 5.41) is 7.48. The molecule has 1 aliphatic heterocycles. The molecule has 0 atom stereocenters. The Kier molecular flexibility index (Phi) is 2.91. The summed E-state index contributed by atoms with van der Waals surface area (Å²) < 4.78 is 0. The first-order valence-corrected chi connectivity index (χ1v) is 6.39. The van der Waals surface area contributed by atoms with Crippen LogP contribution in [0.5, 0.6) is 0 Å². The molecule has 2 heterocycles. The Hall–Kier alpha value is -2.01. The summed E-state index contributed by atoms with van der Waals surface area (Å²) >= 11 is 5.82. The van der Waals surface area contributed by atoms with E-state index in [1.165, 1.54) is 0 Å². The number of benzene rings is 1. The second kappa shape index (κ2) is 4.59. The number of rotatable bonds is 1. The second-order valence-corrected chi connectivity index (χ2v) is 4.99. The van der Waals surface area contributed by atoms with Gasteiger partial charge >= 0.3 is 0 Å². The predicted molar refractivity (Wildman–Crippen MR) is 72.9 cm³/mol. The van der Waals surface area contributed by atoms with Crippen LogP contribution < -0.4 is 5.73 Å². The van der Waals surface area contributed by atoms with Crippen molar-refractivity contribution >= 4 is 23.3 Å². The molecule has 1 aliphatic rings. The molecule has 3 rings (SSSR count). The van der Waals surface area contributed by atoms with E-state index in [1.54, 1.807) is 29.2 Å². The fraction of sp³-hybridized carbons (Fsp3) is 0.231. The highest BCUT2D eigenvalue weighted by Crippen LogP contribution is 2.23. The average molecular weight is 277 g/mol. The summed E-state index contributed by atoms with van der Waals surface area (Å²) in [7, 11) is 0. The lowest BCUT2D eigenvalue weighted by molar-refractivity contribution is 0.0732. The molecule has 0 aliphatic carbocycles. The summed E-state index contributed by atoms with van der Waals surface area (Å²) in [6.45, 7) is 1.17. The lowest BCUT2D eigenvalue weighted by Gasteiger charge is -2.26. The molecule has 98 valence electrons. The van der Waals surface area contributed by atoms with Gasteiger partial charge < -0.3 is 10.6 Å². The van der Waals surface area contributed by atoms with Crippen LogP contribution in [-0.4, -0.2) is 27.5 Å². The van der Waals surface area contributed by atoms with Crippen molar-refractivity contribution in [2.75, 3.05) is 12.3 Å². The number of hydrogen-bond acceptors (Lipinski definition) is 3. The van der Waals surface area contributed by atoms with Gasteiger partial charge in [0, 0.05) is 22.7 Å². The number of nitrogens with one attached hydrogen (secondary N) is 1. The summed E-state index contributed by atoms with van der Waals surface area (Å²) in [5.41, 5.74) is 8.34. The maximum atomic E-state index is 12.3. The predicted octanol–water partition coefficient (Wildman–Crippen LogP) is 1.84. The topological polar surface area (TPSA) is 75.0 Å². The zero-order valence-electron chi connectivity index (χ0n) is 10.2. The Balaban J connectivity index is 1.81. The number of nitrogen functional groups attached to an aromatic ring is 1. The van der Waals surface area contributed by atoms with Crippen LogP contribution in [-0.2, 0) is 13.0 Å². The van der Waals surface area contributed by atoms with Gasteiger partial charge in [-0.2, -0.15) is 5.10 Å². The summed E-state index contributed by atoms with van der Waals surface area (Å²) in [5.74, 6) is 0.532. The van der Waals surface area contributed by atoms with E-state index in [0.29, 0.717) is 29.5 Å². The minimum atomic E-state index is -0.00418. The van der Waals surface area contributed by atoms with Crippen molar-refractivity contribution in [3.63, 3.8) is 0 Å². The van der Waals surface area contributed by atoms with Crippen molar-refractivity contribution in [2.24, 2.45) is 0 Å². The molecule has 0 bridgehead atoms. The molecule has 2 aromatic rings. The van der Waals surface area contributed by atoms with Crippen molar-refractivity contribution < 1.29 is 4.79 Å². The van der Waals surface area contributed by atoms with Gasteiger partial charge in [-0.05, 0) is 30.7 Å². The van der Waals surface area contributed by atoms with Crippen molar-refractivity contribution in [1.29, 1.82) is 0 Å². The van der Waals surface area contributed by atoms with Crippen molar-refractivity contribution in [3.8, 4) is 0 Å². The van der Waals surface area contributed by atoms with Crippen LogP contribution in [0.25, 0.3) is 0 Å². The van der Waals surface area contributed by atoms with Crippen LogP contribution in [0.2, 0.25) is 5.02 Å². The first-order chi connectivity index (χ1) is 9.15. The Labute approximate surface area is 115 Å². The van der Waals surface area contributed by atoms with Gasteiger partial charge in [0.15, 0.2) is 0 Å². The van der Waals surface area contributed by atoms with Gasteiger partial charge in [0.2, 0.25) is 0 Å². The molecule has 1 aromatic heterocycles. The number of carbonyl (C=O) groups excluding carboxylic acids is 1.